The van der Waals surface area contributed by atoms with E-state index in [1.54, 1.807) is 6.08 Å². The zero-order valence-corrected chi connectivity index (χ0v) is 10.8. The molecular formula is C11H21N2OP. The van der Waals surface area contributed by atoms with E-state index in [1.165, 1.54) is 13.0 Å². The Morgan fingerprint density at radius 3 is 2.60 bits per heavy atom. The molecule has 4 atom stereocenters. The average molecular weight is 228 g/mol. The van der Waals surface area contributed by atoms with Crippen LogP contribution in [-0.4, -0.2) is 29.9 Å². The van der Waals surface area contributed by atoms with E-state index < -0.39 is 0 Å². The Kier molecular flexibility index (Phi) is 5.45. The van der Waals surface area contributed by atoms with Crippen LogP contribution in [0.25, 0.3) is 0 Å². The van der Waals surface area contributed by atoms with Crippen LogP contribution in [0.1, 0.15) is 33.1 Å². The normalized spacial score (nSPS) is 34.7. The lowest BCUT2D eigenvalue weighted by Gasteiger charge is -2.27. The number of fused-ring (bicyclic) bond motifs is 1. The van der Waals surface area contributed by atoms with Crippen LogP contribution < -0.4 is 0 Å². The molecule has 1 aliphatic heterocycles. The predicted molar refractivity (Wildman–Crippen MR) is 65.4 cm³/mol. The van der Waals surface area contributed by atoms with Crippen molar-refractivity contribution in [3.63, 3.8) is 0 Å². The molecule has 0 aromatic heterocycles. The first-order valence-electron chi connectivity index (χ1n) is 5.86. The molecule has 2 aliphatic rings. The highest BCUT2D eigenvalue weighted by atomic mass is 31.0. The summed E-state index contributed by atoms with van der Waals surface area (Å²) in [5, 5.41) is 0. The molecule has 2 rings (SSSR count). The van der Waals surface area contributed by atoms with Gasteiger partial charge in [-0.3, -0.25) is 4.67 Å². The Hall–Kier alpha value is -0.230. The van der Waals surface area contributed by atoms with Crippen LogP contribution in [0.15, 0.2) is 4.99 Å². The zero-order chi connectivity index (χ0) is 11.3. The van der Waals surface area contributed by atoms with Gasteiger partial charge in [0.15, 0.2) is 0 Å². The standard InChI is InChI=1S/C9H15N2OP.C2H6/c12-6-10-9-2-1-7-4-11(13)5-8(7)3-9;1-2/h7-9H,1-5,13H2;1-2H3. The van der Waals surface area contributed by atoms with Gasteiger partial charge in [-0.15, -0.1) is 0 Å². The van der Waals surface area contributed by atoms with Gasteiger partial charge in [-0.25, -0.2) is 9.79 Å². The molecule has 15 heavy (non-hydrogen) atoms. The summed E-state index contributed by atoms with van der Waals surface area (Å²) in [4.78, 5) is 14.0. The first kappa shape index (κ1) is 12.8. The zero-order valence-electron chi connectivity index (χ0n) is 9.65. The number of aliphatic imine (C=N–C) groups is 1. The van der Waals surface area contributed by atoms with E-state index in [0.717, 1.165) is 31.2 Å². The summed E-state index contributed by atoms with van der Waals surface area (Å²) in [6.45, 7) is 6.35. The third-order valence-corrected chi connectivity index (χ3v) is 3.71. The lowest BCUT2D eigenvalue weighted by Crippen LogP contribution is -2.25. The molecule has 1 saturated carbocycles. The molecule has 0 radical (unpaired) electrons. The molecule has 3 nitrogen and oxygen atoms in total. The summed E-state index contributed by atoms with van der Waals surface area (Å²) >= 11 is 0. The van der Waals surface area contributed by atoms with Gasteiger partial charge in [-0.05, 0) is 31.1 Å². The van der Waals surface area contributed by atoms with Crippen molar-refractivity contribution in [2.75, 3.05) is 13.1 Å². The molecule has 4 unspecified atom stereocenters. The quantitative estimate of drug-likeness (QED) is 0.391. The van der Waals surface area contributed by atoms with E-state index in [1.807, 2.05) is 13.8 Å². The highest BCUT2D eigenvalue weighted by Crippen LogP contribution is 2.38. The Labute approximate surface area is 94.6 Å². The van der Waals surface area contributed by atoms with Crippen LogP contribution in [0.3, 0.4) is 0 Å². The number of isocyanates is 1. The summed E-state index contributed by atoms with van der Waals surface area (Å²) in [7, 11) is 2.77. The summed E-state index contributed by atoms with van der Waals surface area (Å²) < 4.78 is 2.31. The molecule has 2 fully saturated rings. The first-order chi connectivity index (χ1) is 7.29. The van der Waals surface area contributed by atoms with Crippen LogP contribution >= 0.6 is 9.39 Å². The summed E-state index contributed by atoms with van der Waals surface area (Å²) in [5.74, 6) is 1.60. The molecule has 1 aliphatic carbocycles. The minimum absolute atomic E-state index is 0.259. The van der Waals surface area contributed by atoms with E-state index in [2.05, 4.69) is 19.1 Å². The van der Waals surface area contributed by atoms with Crippen molar-refractivity contribution in [1.29, 1.82) is 0 Å². The molecule has 0 amide bonds. The molecule has 0 aromatic carbocycles. The molecule has 1 saturated heterocycles. The minimum Gasteiger partial charge on any atom is -0.287 e. The largest absolute Gasteiger partial charge is 0.287 e. The van der Waals surface area contributed by atoms with Crippen LogP contribution in [0.2, 0.25) is 0 Å². The van der Waals surface area contributed by atoms with Gasteiger partial charge in [0.2, 0.25) is 6.08 Å². The monoisotopic (exact) mass is 228 g/mol. The lowest BCUT2D eigenvalue weighted by molar-refractivity contribution is 0.272. The molecule has 0 N–H and O–H groups in total. The highest BCUT2D eigenvalue weighted by Gasteiger charge is 2.36. The van der Waals surface area contributed by atoms with Crippen molar-refractivity contribution in [3.05, 3.63) is 0 Å². The van der Waals surface area contributed by atoms with E-state index in [-0.39, 0.29) is 6.04 Å². The number of nitrogens with zero attached hydrogens (tertiary/aromatic N) is 2. The second-order valence-electron chi connectivity index (χ2n) is 4.16. The fraction of sp³-hybridized carbons (Fsp3) is 0.909. The SMILES string of the molecule is CC.O=C=NC1CCC2CN(P)CC2C1. The third kappa shape index (κ3) is 3.38. The Morgan fingerprint density at radius 1 is 1.27 bits per heavy atom. The van der Waals surface area contributed by atoms with Gasteiger partial charge >= 0.3 is 0 Å². The van der Waals surface area contributed by atoms with Crippen LogP contribution in [-0.2, 0) is 4.79 Å². The highest BCUT2D eigenvalue weighted by molar-refractivity contribution is 7.13. The Balaban J connectivity index is 0.000000531. The molecule has 86 valence electrons. The maximum atomic E-state index is 10.1. The summed E-state index contributed by atoms with van der Waals surface area (Å²) in [5.41, 5.74) is 0. The summed E-state index contributed by atoms with van der Waals surface area (Å²) in [6, 6.07) is 0.259. The molecule has 0 bridgehead atoms. The van der Waals surface area contributed by atoms with Crippen molar-refractivity contribution in [2.45, 2.75) is 39.2 Å². The third-order valence-electron chi connectivity index (χ3n) is 3.29. The fourth-order valence-corrected chi connectivity index (χ4v) is 3.18. The maximum absolute atomic E-state index is 10.1. The van der Waals surface area contributed by atoms with E-state index in [4.69, 9.17) is 0 Å². The average Bonchev–Trinajstić information content (AvgIpc) is 2.61. The van der Waals surface area contributed by atoms with E-state index in [0.29, 0.717) is 0 Å². The molecule has 1 heterocycles. The van der Waals surface area contributed by atoms with Crippen molar-refractivity contribution >= 4 is 15.5 Å². The summed E-state index contributed by atoms with van der Waals surface area (Å²) in [6.07, 6.45) is 5.08. The smallest absolute Gasteiger partial charge is 0.235 e. The van der Waals surface area contributed by atoms with Gasteiger partial charge < -0.3 is 0 Å². The van der Waals surface area contributed by atoms with Crippen LogP contribution in [0.5, 0.6) is 0 Å². The number of hydrogen-bond donors (Lipinski definition) is 0. The van der Waals surface area contributed by atoms with Gasteiger partial charge in [-0.2, -0.15) is 0 Å². The second kappa shape index (κ2) is 6.37. The van der Waals surface area contributed by atoms with Gasteiger partial charge in [0.25, 0.3) is 0 Å². The van der Waals surface area contributed by atoms with E-state index in [9.17, 15) is 4.79 Å². The van der Waals surface area contributed by atoms with Gasteiger partial charge in [0, 0.05) is 13.1 Å². The minimum atomic E-state index is 0.259. The van der Waals surface area contributed by atoms with Gasteiger partial charge in [-0.1, -0.05) is 23.2 Å². The number of carbonyl (C=O) groups excluding carboxylic acids is 1. The number of rotatable bonds is 1. The predicted octanol–water partition coefficient (Wildman–Crippen LogP) is 2.24. The first-order valence-corrected chi connectivity index (χ1v) is 6.38. The second-order valence-corrected chi connectivity index (χ2v) is 4.89. The van der Waals surface area contributed by atoms with E-state index >= 15 is 0 Å². The Morgan fingerprint density at radius 2 is 1.93 bits per heavy atom. The number of hydrogen-bond acceptors (Lipinski definition) is 3. The molecular weight excluding hydrogens is 207 g/mol. The molecule has 0 aromatic rings. The van der Waals surface area contributed by atoms with Crippen molar-refractivity contribution < 1.29 is 4.79 Å². The van der Waals surface area contributed by atoms with Crippen molar-refractivity contribution in [3.8, 4) is 0 Å². The lowest BCUT2D eigenvalue weighted by atomic mass is 9.79. The van der Waals surface area contributed by atoms with Crippen LogP contribution in [0.4, 0.5) is 0 Å². The van der Waals surface area contributed by atoms with Gasteiger partial charge in [0.1, 0.15) is 0 Å². The van der Waals surface area contributed by atoms with Gasteiger partial charge in [0.05, 0.1) is 6.04 Å². The molecule has 0 spiro atoms. The topological polar surface area (TPSA) is 32.7 Å². The molecule has 4 heteroatoms. The van der Waals surface area contributed by atoms with Crippen LogP contribution in [0, 0.1) is 11.8 Å². The van der Waals surface area contributed by atoms with Crippen molar-refractivity contribution in [2.24, 2.45) is 16.8 Å². The van der Waals surface area contributed by atoms with Crippen molar-refractivity contribution in [1.82, 2.24) is 4.67 Å². The maximum Gasteiger partial charge on any atom is 0.235 e. The Bertz CT molecular complexity index is 241. The fourth-order valence-electron chi connectivity index (χ4n) is 2.63.